The number of hydrogen-bond donors (Lipinski definition) is 2. The second-order valence-electron chi connectivity index (χ2n) is 6.27. The summed E-state index contributed by atoms with van der Waals surface area (Å²) in [6.45, 7) is 6.67. The van der Waals surface area contributed by atoms with Crippen molar-refractivity contribution < 1.29 is 9.90 Å². The van der Waals surface area contributed by atoms with Gasteiger partial charge in [0.05, 0.1) is 12.1 Å². The van der Waals surface area contributed by atoms with Gasteiger partial charge in [-0.1, -0.05) is 30.3 Å². The van der Waals surface area contributed by atoms with E-state index in [1.807, 2.05) is 35.2 Å². The average molecular weight is 378 g/mol. The molecule has 24 heavy (non-hydrogen) atoms. The van der Waals surface area contributed by atoms with Crippen molar-refractivity contribution in [3.8, 4) is 0 Å². The van der Waals surface area contributed by atoms with E-state index < -0.39 is 6.04 Å². The summed E-state index contributed by atoms with van der Waals surface area (Å²) in [5.41, 5.74) is 7.18. The Morgan fingerprint density at radius 1 is 1.29 bits per heavy atom. The largest absolute Gasteiger partial charge is 0.392 e. The number of halogens is 2. The summed E-state index contributed by atoms with van der Waals surface area (Å²) >= 11 is 0. The zero-order valence-electron chi connectivity index (χ0n) is 14.3. The molecule has 0 radical (unpaired) electrons. The summed E-state index contributed by atoms with van der Waals surface area (Å²) < 4.78 is 0. The van der Waals surface area contributed by atoms with Crippen molar-refractivity contribution in [2.75, 3.05) is 26.2 Å². The van der Waals surface area contributed by atoms with Crippen molar-refractivity contribution in [2.45, 2.75) is 38.5 Å². The molecule has 1 fully saturated rings. The highest BCUT2D eigenvalue weighted by atomic mass is 35.5. The highest BCUT2D eigenvalue weighted by molar-refractivity contribution is 5.85. The molecule has 2 rings (SSSR count). The third kappa shape index (κ3) is 6.57. The van der Waals surface area contributed by atoms with E-state index in [-0.39, 0.29) is 42.9 Å². The van der Waals surface area contributed by atoms with Crippen LogP contribution < -0.4 is 5.73 Å². The number of carbonyl (C=O) groups excluding carboxylic acids is 1. The van der Waals surface area contributed by atoms with Crippen LogP contribution in [0, 0.1) is 0 Å². The average Bonchev–Trinajstić information content (AvgIpc) is 2.49. The van der Waals surface area contributed by atoms with Crippen LogP contribution in [0.2, 0.25) is 0 Å². The molecule has 0 bridgehead atoms. The van der Waals surface area contributed by atoms with Gasteiger partial charge in [0.2, 0.25) is 5.91 Å². The molecule has 1 saturated heterocycles. The lowest BCUT2D eigenvalue weighted by Crippen LogP contribution is -2.57. The van der Waals surface area contributed by atoms with Crippen molar-refractivity contribution in [3.63, 3.8) is 0 Å². The number of aliphatic hydroxyl groups excluding tert-OH is 1. The predicted molar refractivity (Wildman–Crippen MR) is 102 cm³/mol. The molecule has 0 aromatic heterocycles. The van der Waals surface area contributed by atoms with Gasteiger partial charge in [0.25, 0.3) is 0 Å². The Morgan fingerprint density at radius 3 is 2.46 bits per heavy atom. The fourth-order valence-corrected chi connectivity index (χ4v) is 3.00. The molecule has 1 aromatic rings. The fourth-order valence-electron chi connectivity index (χ4n) is 3.00. The van der Waals surface area contributed by atoms with Crippen LogP contribution in [0.5, 0.6) is 0 Å². The first-order chi connectivity index (χ1) is 10.5. The van der Waals surface area contributed by atoms with Gasteiger partial charge in [-0.2, -0.15) is 0 Å². The van der Waals surface area contributed by atoms with Gasteiger partial charge in [-0.15, -0.1) is 24.8 Å². The maximum Gasteiger partial charge on any atom is 0.239 e. The lowest BCUT2D eigenvalue weighted by molar-refractivity contribution is -0.135. The first kappa shape index (κ1) is 23.1. The van der Waals surface area contributed by atoms with Gasteiger partial charge in [0, 0.05) is 32.2 Å². The summed E-state index contributed by atoms with van der Waals surface area (Å²) in [5, 5.41) is 9.51. The number of benzene rings is 1. The number of hydrogen-bond acceptors (Lipinski definition) is 4. The van der Waals surface area contributed by atoms with Crippen LogP contribution in [-0.2, 0) is 11.2 Å². The van der Waals surface area contributed by atoms with Crippen LogP contribution in [0.15, 0.2) is 30.3 Å². The highest BCUT2D eigenvalue weighted by Crippen LogP contribution is 2.12. The molecule has 1 heterocycles. The number of amides is 1. The van der Waals surface area contributed by atoms with E-state index in [0.29, 0.717) is 26.1 Å². The Hall–Kier alpha value is -0.850. The Kier molecular flexibility index (Phi) is 10.5. The van der Waals surface area contributed by atoms with E-state index in [1.165, 1.54) is 0 Å². The molecule has 1 aromatic carbocycles. The molecule has 0 spiro atoms. The molecule has 0 aliphatic carbocycles. The minimum absolute atomic E-state index is 0. The second-order valence-corrected chi connectivity index (χ2v) is 6.27. The van der Waals surface area contributed by atoms with Crippen molar-refractivity contribution in [1.29, 1.82) is 0 Å². The first-order valence-electron chi connectivity index (χ1n) is 7.97. The zero-order chi connectivity index (χ0) is 16.1. The highest BCUT2D eigenvalue weighted by Gasteiger charge is 2.29. The number of rotatable bonds is 5. The summed E-state index contributed by atoms with van der Waals surface area (Å²) in [7, 11) is 0. The van der Waals surface area contributed by atoms with Gasteiger partial charge in [-0.3, -0.25) is 9.69 Å². The number of β-amino-alcohol motifs (C(OH)–C–C–N with tert-alkyl or cyclic N) is 1. The molecular formula is C17H29Cl2N3O2. The van der Waals surface area contributed by atoms with E-state index in [2.05, 4.69) is 11.8 Å². The topological polar surface area (TPSA) is 69.8 Å². The fraction of sp³-hybridized carbons (Fsp3) is 0.588. The van der Waals surface area contributed by atoms with Crippen LogP contribution in [0.4, 0.5) is 0 Å². The maximum atomic E-state index is 12.5. The molecular weight excluding hydrogens is 349 g/mol. The van der Waals surface area contributed by atoms with Gasteiger partial charge in [-0.25, -0.2) is 0 Å². The molecule has 1 aliphatic heterocycles. The van der Waals surface area contributed by atoms with Crippen molar-refractivity contribution in [2.24, 2.45) is 5.73 Å². The number of nitrogens with zero attached hydrogens (tertiary/aromatic N) is 2. The Morgan fingerprint density at radius 2 is 1.92 bits per heavy atom. The van der Waals surface area contributed by atoms with Crippen LogP contribution in [0.25, 0.3) is 0 Å². The number of carbonyl (C=O) groups is 1. The predicted octanol–water partition coefficient (Wildman–Crippen LogP) is 1.31. The van der Waals surface area contributed by atoms with Crippen LogP contribution in [-0.4, -0.2) is 65.2 Å². The standard InChI is InChI=1S/C17H27N3O2.2ClH/c1-13-11-20(9-8-19(13)12-14(2)21)17(22)16(18)10-15-6-4-3-5-7-15;;/h3-7,13-14,16,21H,8-12,18H2,1-2H3;2*1H. The van der Waals surface area contributed by atoms with E-state index in [1.54, 1.807) is 6.92 Å². The number of piperazine rings is 1. The second kappa shape index (κ2) is 10.9. The quantitative estimate of drug-likeness (QED) is 0.811. The third-order valence-electron chi connectivity index (χ3n) is 4.19. The minimum Gasteiger partial charge on any atom is -0.392 e. The first-order valence-corrected chi connectivity index (χ1v) is 7.97. The Bertz CT molecular complexity index is 488. The monoisotopic (exact) mass is 377 g/mol. The van der Waals surface area contributed by atoms with Crippen LogP contribution in [0.3, 0.4) is 0 Å². The maximum absolute atomic E-state index is 12.5. The van der Waals surface area contributed by atoms with Crippen molar-refractivity contribution >= 4 is 30.7 Å². The van der Waals surface area contributed by atoms with E-state index >= 15 is 0 Å². The third-order valence-corrected chi connectivity index (χ3v) is 4.19. The van der Waals surface area contributed by atoms with E-state index in [0.717, 1.165) is 12.1 Å². The molecule has 7 heteroatoms. The van der Waals surface area contributed by atoms with Gasteiger partial charge < -0.3 is 15.7 Å². The summed E-state index contributed by atoms with van der Waals surface area (Å²) in [4.78, 5) is 16.6. The Labute approximate surface area is 157 Å². The zero-order valence-corrected chi connectivity index (χ0v) is 15.9. The summed E-state index contributed by atoms with van der Waals surface area (Å²) in [5.74, 6) is 0.0207. The smallest absolute Gasteiger partial charge is 0.239 e. The molecule has 0 saturated carbocycles. The molecule has 3 atom stereocenters. The van der Waals surface area contributed by atoms with Crippen LogP contribution in [0.1, 0.15) is 19.4 Å². The van der Waals surface area contributed by atoms with Gasteiger partial charge in [0.15, 0.2) is 0 Å². The molecule has 3 N–H and O–H groups in total. The minimum atomic E-state index is -0.488. The molecule has 1 aliphatic rings. The lowest BCUT2D eigenvalue weighted by atomic mass is 10.0. The SMILES string of the molecule is CC(O)CN1CCN(C(=O)C(N)Cc2ccccc2)CC1C.Cl.Cl. The summed E-state index contributed by atoms with van der Waals surface area (Å²) in [6, 6.07) is 9.63. The van der Waals surface area contributed by atoms with Crippen molar-refractivity contribution in [1.82, 2.24) is 9.80 Å². The van der Waals surface area contributed by atoms with E-state index in [9.17, 15) is 9.90 Å². The number of aliphatic hydroxyl groups is 1. The van der Waals surface area contributed by atoms with Gasteiger partial charge >= 0.3 is 0 Å². The van der Waals surface area contributed by atoms with Gasteiger partial charge in [-0.05, 0) is 25.8 Å². The van der Waals surface area contributed by atoms with Gasteiger partial charge in [0.1, 0.15) is 0 Å². The lowest BCUT2D eigenvalue weighted by Gasteiger charge is -2.41. The molecule has 1 amide bonds. The Balaban J connectivity index is 0.00000264. The van der Waals surface area contributed by atoms with Crippen LogP contribution >= 0.6 is 24.8 Å². The molecule has 3 unspecified atom stereocenters. The van der Waals surface area contributed by atoms with E-state index in [4.69, 9.17) is 5.73 Å². The molecule has 138 valence electrons. The number of nitrogens with two attached hydrogens (primary N) is 1. The summed E-state index contributed by atoms with van der Waals surface area (Å²) in [6.07, 6.45) is 0.229. The molecule has 5 nitrogen and oxygen atoms in total. The van der Waals surface area contributed by atoms with Crippen molar-refractivity contribution in [3.05, 3.63) is 35.9 Å². The normalized spacial score (nSPS) is 20.5.